The topological polar surface area (TPSA) is 35.9 Å². The van der Waals surface area contributed by atoms with Crippen molar-refractivity contribution in [1.29, 1.82) is 0 Å². The molecule has 1 aliphatic rings. The maximum Gasteiger partial charge on any atom is 0.123 e. The lowest BCUT2D eigenvalue weighted by molar-refractivity contribution is 0.142. The molecule has 1 heterocycles. The van der Waals surface area contributed by atoms with Gasteiger partial charge in [0.1, 0.15) is 17.3 Å². The summed E-state index contributed by atoms with van der Waals surface area (Å²) in [7, 11) is 3.71. The molecule has 2 aromatic carbocycles. The van der Waals surface area contributed by atoms with Gasteiger partial charge >= 0.3 is 0 Å². The molecule has 0 bridgehead atoms. The van der Waals surface area contributed by atoms with Crippen LogP contribution in [0.15, 0.2) is 42.5 Å². The highest BCUT2D eigenvalue weighted by atomic mass is 19.1. The Morgan fingerprint density at radius 2 is 2.00 bits per heavy atom. The van der Waals surface area contributed by atoms with Crippen molar-refractivity contribution in [2.24, 2.45) is 5.92 Å². The molecule has 0 radical (unpaired) electrons. The van der Waals surface area contributed by atoms with Gasteiger partial charge in [-0.1, -0.05) is 18.2 Å². The number of aromatic hydroxyl groups is 1. The molecule has 1 atom stereocenters. The summed E-state index contributed by atoms with van der Waals surface area (Å²) in [5.74, 6) is 1.42. The van der Waals surface area contributed by atoms with Gasteiger partial charge in [-0.2, -0.15) is 0 Å². The summed E-state index contributed by atoms with van der Waals surface area (Å²) in [6.45, 7) is 4.99. The minimum absolute atomic E-state index is 0.173. The maximum absolute atomic E-state index is 13.0. The fourth-order valence-electron chi connectivity index (χ4n) is 4.04. The van der Waals surface area contributed by atoms with Gasteiger partial charge in [-0.3, -0.25) is 0 Å². The van der Waals surface area contributed by atoms with Crippen LogP contribution in [-0.2, 0) is 13.0 Å². The van der Waals surface area contributed by atoms with Crippen LogP contribution in [0.3, 0.4) is 0 Å². The number of benzene rings is 2. The first-order valence-electron chi connectivity index (χ1n) is 10.0. The molecule has 2 aromatic rings. The quantitative estimate of drug-likeness (QED) is 0.746. The molecule has 1 N–H and O–H groups in total. The van der Waals surface area contributed by atoms with Gasteiger partial charge in [-0.25, -0.2) is 4.39 Å². The van der Waals surface area contributed by atoms with Crippen LogP contribution in [0.2, 0.25) is 0 Å². The Hall–Kier alpha value is -2.11. The van der Waals surface area contributed by atoms with Gasteiger partial charge in [0.25, 0.3) is 0 Å². The third kappa shape index (κ3) is 5.94. The molecule has 0 saturated carbocycles. The summed E-state index contributed by atoms with van der Waals surface area (Å²) in [4.78, 5) is 4.81. The fraction of sp³-hybridized carbons (Fsp3) is 0.478. The van der Waals surface area contributed by atoms with Crippen molar-refractivity contribution in [2.45, 2.75) is 25.8 Å². The molecule has 28 heavy (non-hydrogen) atoms. The molecule has 4 nitrogen and oxygen atoms in total. The summed E-state index contributed by atoms with van der Waals surface area (Å²) in [6.07, 6.45) is 3.42. The Kier molecular flexibility index (Phi) is 7.29. The van der Waals surface area contributed by atoms with E-state index in [4.69, 9.17) is 4.74 Å². The second-order valence-corrected chi connectivity index (χ2v) is 7.88. The van der Waals surface area contributed by atoms with Crippen LogP contribution in [-0.4, -0.2) is 55.2 Å². The van der Waals surface area contributed by atoms with Crippen molar-refractivity contribution in [3.63, 3.8) is 0 Å². The van der Waals surface area contributed by atoms with E-state index in [1.165, 1.54) is 30.5 Å². The number of hydrogen-bond donors (Lipinski definition) is 1. The van der Waals surface area contributed by atoms with E-state index in [-0.39, 0.29) is 11.6 Å². The van der Waals surface area contributed by atoms with Crippen molar-refractivity contribution in [3.8, 4) is 11.5 Å². The van der Waals surface area contributed by atoms with Crippen LogP contribution < -0.4 is 4.74 Å². The Balaban J connectivity index is 1.46. The number of likely N-dealkylation sites (tertiary alicyclic amines) is 1. The summed E-state index contributed by atoms with van der Waals surface area (Å²) in [6, 6.07) is 12.3. The lowest BCUT2D eigenvalue weighted by atomic mass is 9.97. The number of methoxy groups -OCH3 is 1. The lowest BCUT2D eigenvalue weighted by Crippen LogP contribution is -2.40. The number of rotatable bonds is 8. The van der Waals surface area contributed by atoms with Crippen molar-refractivity contribution in [2.75, 3.05) is 40.3 Å². The Labute approximate surface area is 167 Å². The third-order valence-electron chi connectivity index (χ3n) is 5.54. The molecule has 1 fully saturated rings. The van der Waals surface area contributed by atoms with Crippen LogP contribution in [0.4, 0.5) is 4.39 Å². The van der Waals surface area contributed by atoms with Gasteiger partial charge < -0.3 is 19.6 Å². The first-order valence-corrected chi connectivity index (χ1v) is 10.0. The smallest absolute Gasteiger partial charge is 0.123 e. The van der Waals surface area contributed by atoms with Crippen LogP contribution in [0.1, 0.15) is 24.0 Å². The molecule has 0 spiro atoms. The van der Waals surface area contributed by atoms with Crippen LogP contribution >= 0.6 is 0 Å². The third-order valence-corrected chi connectivity index (χ3v) is 5.54. The van der Waals surface area contributed by atoms with Gasteiger partial charge in [-0.15, -0.1) is 0 Å². The van der Waals surface area contributed by atoms with Crippen molar-refractivity contribution in [3.05, 3.63) is 59.4 Å². The highest BCUT2D eigenvalue weighted by Crippen LogP contribution is 2.25. The predicted molar refractivity (Wildman–Crippen MR) is 110 cm³/mol. The molecule has 1 saturated heterocycles. The number of hydrogen-bond acceptors (Lipinski definition) is 4. The molecule has 0 amide bonds. The molecular formula is C23H31FN2O2. The van der Waals surface area contributed by atoms with Gasteiger partial charge in [0, 0.05) is 37.8 Å². The molecule has 5 heteroatoms. The zero-order chi connectivity index (χ0) is 19.9. The first-order chi connectivity index (χ1) is 13.5. The van der Waals surface area contributed by atoms with E-state index in [9.17, 15) is 9.50 Å². The summed E-state index contributed by atoms with van der Waals surface area (Å²) in [5.41, 5.74) is 2.11. The van der Waals surface area contributed by atoms with Gasteiger partial charge in [0.05, 0.1) is 7.11 Å². The lowest BCUT2D eigenvalue weighted by Gasteiger charge is -2.34. The second kappa shape index (κ2) is 9.89. The summed E-state index contributed by atoms with van der Waals surface area (Å²) < 4.78 is 18.2. The Bertz CT molecular complexity index is 751. The SMILES string of the molecule is COc1ccc(CN(C)CC2CCCN(CCc3ccc(F)cc3)C2)c(O)c1. The molecule has 0 aliphatic carbocycles. The van der Waals surface area contributed by atoms with Crippen LogP contribution in [0, 0.1) is 11.7 Å². The second-order valence-electron chi connectivity index (χ2n) is 7.88. The molecule has 1 unspecified atom stereocenters. The number of phenols is 1. The Morgan fingerprint density at radius 1 is 1.21 bits per heavy atom. The number of halogens is 1. The largest absolute Gasteiger partial charge is 0.507 e. The fourth-order valence-corrected chi connectivity index (χ4v) is 4.04. The highest BCUT2D eigenvalue weighted by Gasteiger charge is 2.21. The zero-order valence-corrected chi connectivity index (χ0v) is 16.9. The molecule has 3 rings (SSSR count). The van der Waals surface area contributed by atoms with Gasteiger partial charge in [-0.05, 0) is 62.5 Å². The zero-order valence-electron chi connectivity index (χ0n) is 16.9. The summed E-state index contributed by atoms with van der Waals surface area (Å²) in [5, 5.41) is 10.2. The molecule has 152 valence electrons. The average molecular weight is 387 g/mol. The van der Waals surface area contributed by atoms with E-state index in [1.54, 1.807) is 13.2 Å². The molecule has 0 aromatic heterocycles. The van der Waals surface area contributed by atoms with E-state index < -0.39 is 0 Å². The van der Waals surface area contributed by atoms with E-state index in [0.717, 1.165) is 44.7 Å². The first kappa shape index (κ1) is 20.6. The molecular weight excluding hydrogens is 355 g/mol. The molecule has 1 aliphatic heterocycles. The predicted octanol–water partition coefficient (Wildman–Crippen LogP) is 3.93. The van der Waals surface area contributed by atoms with Gasteiger partial charge in [0.2, 0.25) is 0 Å². The van der Waals surface area contributed by atoms with Crippen molar-refractivity contribution < 1.29 is 14.2 Å². The highest BCUT2D eigenvalue weighted by molar-refractivity contribution is 5.39. The average Bonchev–Trinajstić information content (AvgIpc) is 2.69. The van der Waals surface area contributed by atoms with E-state index in [2.05, 4.69) is 16.8 Å². The Morgan fingerprint density at radius 3 is 2.71 bits per heavy atom. The van der Waals surface area contributed by atoms with Gasteiger partial charge in [0.15, 0.2) is 0 Å². The van der Waals surface area contributed by atoms with E-state index in [0.29, 0.717) is 11.7 Å². The number of ether oxygens (including phenoxy) is 1. The number of phenolic OH excluding ortho intramolecular Hbond substituents is 1. The number of piperidine rings is 1. The van der Waals surface area contributed by atoms with E-state index >= 15 is 0 Å². The van der Waals surface area contributed by atoms with Crippen molar-refractivity contribution >= 4 is 0 Å². The standard InChI is InChI=1S/C23H31FN2O2/c1-25(17-20-7-10-22(28-2)14-23(20)27)15-19-4-3-12-26(16-19)13-11-18-5-8-21(24)9-6-18/h5-10,14,19,27H,3-4,11-13,15-17H2,1-2H3. The maximum atomic E-state index is 13.0. The minimum Gasteiger partial charge on any atom is -0.507 e. The van der Waals surface area contributed by atoms with E-state index in [1.807, 2.05) is 24.3 Å². The summed E-state index contributed by atoms with van der Waals surface area (Å²) >= 11 is 0. The number of nitrogens with zero attached hydrogens (tertiary/aromatic N) is 2. The monoisotopic (exact) mass is 386 g/mol. The van der Waals surface area contributed by atoms with Crippen LogP contribution in [0.5, 0.6) is 11.5 Å². The minimum atomic E-state index is -0.173. The normalized spacial score (nSPS) is 17.8. The van der Waals surface area contributed by atoms with Crippen LogP contribution in [0.25, 0.3) is 0 Å². The van der Waals surface area contributed by atoms with Crippen molar-refractivity contribution in [1.82, 2.24) is 9.80 Å².